The molecule has 110 valence electrons. The molecule has 5 N–H and O–H groups in total. The molecule has 21 heavy (non-hydrogen) atoms. The predicted octanol–water partition coefficient (Wildman–Crippen LogP) is 2.17. The number of hydrogen-bond acceptors (Lipinski definition) is 6. The van der Waals surface area contributed by atoms with Gasteiger partial charge in [0.2, 0.25) is 10.0 Å². The van der Waals surface area contributed by atoms with Crippen molar-refractivity contribution in [2.75, 3.05) is 18.5 Å². The van der Waals surface area contributed by atoms with Crippen molar-refractivity contribution in [1.29, 1.82) is 0 Å². The average molecular weight is 305 g/mol. The summed E-state index contributed by atoms with van der Waals surface area (Å²) in [5.41, 5.74) is 13.3. The van der Waals surface area contributed by atoms with E-state index in [4.69, 9.17) is 11.5 Å². The van der Waals surface area contributed by atoms with Gasteiger partial charge in [-0.25, -0.2) is 13.1 Å². The van der Waals surface area contributed by atoms with Crippen LogP contribution in [-0.2, 0) is 10.0 Å². The second-order valence-corrected chi connectivity index (χ2v) is 6.11. The molecule has 2 rings (SSSR count). The highest BCUT2D eigenvalue weighted by atomic mass is 32.2. The summed E-state index contributed by atoms with van der Waals surface area (Å²) in [6, 6.07) is 10.9. The molecule has 0 heterocycles. The van der Waals surface area contributed by atoms with Gasteiger partial charge in [0.1, 0.15) is 5.69 Å². The summed E-state index contributed by atoms with van der Waals surface area (Å²) in [6.07, 6.45) is 0. The van der Waals surface area contributed by atoms with Crippen molar-refractivity contribution in [2.45, 2.75) is 4.90 Å². The predicted molar refractivity (Wildman–Crippen MR) is 82.1 cm³/mol. The molecule has 0 aliphatic carbocycles. The topological polar surface area (TPSA) is 123 Å². The van der Waals surface area contributed by atoms with E-state index in [-0.39, 0.29) is 4.90 Å². The quantitative estimate of drug-likeness (QED) is 0.591. The summed E-state index contributed by atoms with van der Waals surface area (Å²) < 4.78 is 25.4. The molecule has 0 unspecified atom stereocenters. The van der Waals surface area contributed by atoms with E-state index in [1.807, 2.05) is 0 Å². The Balaban J connectivity index is 2.22. The lowest BCUT2D eigenvalue weighted by molar-refractivity contribution is 0.588. The maximum atomic E-state index is 11.6. The molecule has 2 aromatic carbocycles. The Morgan fingerprint density at radius 2 is 1.67 bits per heavy atom. The molecule has 7 nitrogen and oxygen atoms in total. The lowest BCUT2D eigenvalue weighted by Crippen LogP contribution is -2.18. The van der Waals surface area contributed by atoms with Crippen LogP contribution >= 0.6 is 0 Å². The zero-order chi connectivity index (χ0) is 15.5. The van der Waals surface area contributed by atoms with Crippen LogP contribution in [0.1, 0.15) is 0 Å². The van der Waals surface area contributed by atoms with E-state index in [2.05, 4.69) is 15.0 Å². The fourth-order valence-corrected chi connectivity index (χ4v) is 2.32. The first kappa shape index (κ1) is 14.9. The van der Waals surface area contributed by atoms with Crippen molar-refractivity contribution < 1.29 is 8.42 Å². The van der Waals surface area contributed by atoms with E-state index in [1.165, 1.54) is 19.2 Å². The molecule has 0 aliphatic heterocycles. The van der Waals surface area contributed by atoms with E-state index in [0.717, 1.165) is 0 Å². The molecule has 0 aliphatic rings. The molecule has 0 radical (unpaired) electrons. The molecule has 0 aromatic heterocycles. The number of sulfonamides is 1. The molecule has 0 atom stereocenters. The van der Waals surface area contributed by atoms with Crippen LogP contribution in [0.15, 0.2) is 57.6 Å². The number of rotatable bonds is 4. The zero-order valence-electron chi connectivity index (χ0n) is 11.3. The van der Waals surface area contributed by atoms with Crippen LogP contribution in [0.3, 0.4) is 0 Å². The Bertz CT molecular complexity index is 770. The number of anilines is 2. The third-order valence-electron chi connectivity index (χ3n) is 2.74. The Kier molecular flexibility index (Phi) is 4.20. The first-order valence-corrected chi connectivity index (χ1v) is 7.51. The van der Waals surface area contributed by atoms with Crippen molar-refractivity contribution in [3.05, 3.63) is 42.5 Å². The van der Waals surface area contributed by atoms with Crippen LogP contribution in [0.2, 0.25) is 0 Å². The summed E-state index contributed by atoms with van der Waals surface area (Å²) in [5, 5.41) is 8.01. The van der Waals surface area contributed by atoms with Crippen molar-refractivity contribution in [1.82, 2.24) is 4.72 Å². The SMILES string of the molecule is CNS(=O)(=O)c1ccc(N=Nc2ccc(N)cc2N)cc1. The Labute approximate surface area is 122 Å². The number of nitrogens with zero attached hydrogens (tertiary/aromatic N) is 2. The smallest absolute Gasteiger partial charge is 0.240 e. The van der Waals surface area contributed by atoms with Gasteiger partial charge in [-0.1, -0.05) is 0 Å². The Morgan fingerprint density at radius 3 is 2.24 bits per heavy atom. The van der Waals surface area contributed by atoms with E-state index < -0.39 is 10.0 Å². The van der Waals surface area contributed by atoms with Crippen LogP contribution in [0.4, 0.5) is 22.7 Å². The first-order valence-electron chi connectivity index (χ1n) is 6.03. The van der Waals surface area contributed by atoms with Crippen LogP contribution in [0.5, 0.6) is 0 Å². The lowest BCUT2D eigenvalue weighted by atomic mass is 10.2. The van der Waals surface area contributed by atoms with Gasteiger partial charge >= 0.3 is 0 Å². The highest BCUT2D eigenvalue weighted by Gasteiger charge is 2.10. The van der Waals surface area contributed by atoms with Gasteiger partial charge in [-0.2, -0.15) is 5.11 Å². The fraction of sp³-hybridized carbons (Fsp3) is 0.0769. The van der Waals surface area contributed by atoms with Crippen LogP contribution in [0.25, 0.3) is 0 Å². The molecular formula is C13H15N5O2S. The molecule has 0 spiro atoms. The van der Waals surface area contributed by atoms with Gasteiger partial charge in [-0.3, -0.25) is 0 Å². The maximum absolute atomic E-state index is 11.6. The largest absolute Gasteiger partial charge is 0.399 e. The van der Waals surface area contributed by atoms with Gasteiger partial charge in [0.25, 0.3) is 0 Å². The van der Waals surface area contributed by atoms with Crippen LogP contribution in [0, 0.1) is 0 Å². The normalized spacial score (nSPS) is 11.9. The monoisotopic (exact) mass is 305 g/mol. The van der Waals surface area contributed by atoms with Gasteiger partial charge in [0.05, 0.1) is 16.3 Å². The second kappa shape index (κ2) is 5.90. The minimum atomic E-state index is -3.45. The number of nitrogen functional groups attached to an aromatic ring is 2. The van der Waals surface area contributed by atoms with E-state index in [9.17, 15) is 8.42 Å². The zero-order valence-corrected chi connectivity index (χ0v) is 12.1. The lowest BCUT2D eigenvalue weighted by Gasteiger charge is -2.02. The van der Waals surface area contributed by atoms with E-state index in [1.54, 1.807) is 30.3 Å². The molecule has 0 bridgehead atoms. The molecule has 0 saturated carbocycles. The van der Waals surface area contributed by atoms with Gasteiger partial charge < -0.3 is 11.5 Å². The van der Waals surface area contributed by atoms with E-state index in [0.29, 0.717) is 22.7 Å². The third-order valence-corrected chi connectivity index (χ3v) is 4.17. The fourth-order valence-electron chi connectivity index (χ4n) is 1.59. The third kappa shape index (κ3) is 3.56. The number of nitrogens with one attached hydrogen (secondary N) is 1. The van der Waals surface area contributed by atoms with Crippen LogP contribution < -0.4 is 16.2 Å². The summed E-state index contributed by atoms with van der Waals surface area (Å²) in [7, 11) is -2.10. The highest BCUT2D eigenvalue weighted by Crippen LogP contribution is 2.26. The highest BCUT2D eigenvalue weighted by molar-refractivity contribution is 7.89. The van der Waals surface area contributed by atoms with Crippen LogP contribution in [-0.4, -0.2) is 15.5 Å². The molecule has 0 amide bonds. The minimum absolute atomic E-state index is 0.163. The summed E-state index contributed by atoms with van der Waals surface area (Å²) in [5.74, 6) is 0. The summed E-state index contributed by atoms with van der Waals surface area (Å²) in [6.45, 7) is 0. The molecule has 2 aromatic rings. The van der Waals surface area contributed by atoms with Crippen molar-refractivity contribution in [3.63, 3.8) is 0 Å². The van der Waals surface area contributed by atoms with Gasteiger partial charge in [-0.15, -0.1) is 5.11 Å². The van der Waals surface area contributed by atoms with E-state index >= 15 is 0 Å². The Morgan fingerprint density at radius 1 is 1.00 bits per heavy atom. The number of nitrogens with two attached hydrogens (primary N) is 2. The molecule has 0 saturated heterocycles. The number of benzene rings is 2. The van der Waals surface area contributed by atoms with Gasteiger partial charge in [-0.05, 0) is 49.5 Å². The number of hydrogen-bond donors (Lipinski definition) is 3. The average Bonchev–Trinajstić information content (AvgIpc) is 2.47. The first-order chi connectivity index (χ1) is 9.92. The molecule has 8 heteroatoms. The van der Waals surface area contributed by atoms with Crippen molar-refractivity contribution >= 4 is 32.8 Å². The number of azo groups is 1. The van der Waals surface area contributed by atoms with Gasteiger partial charge in [0.15, 0.2) is 0 Å². The molecular weight excluding hydrogens is 290 g/mol. The summed E-state index contributed by atoms with van der Waals surface area (Å²) in [4.78, 5) is 0.163. The minimum Gasteiger partial charge on any atom is -0.399 e. The van der Waals surface area contributed by atoms with Crippen molar-refractivity contribution in [3.8, 4) is 0 Å². The molecule has 0 fully saturated rings. The second-order valence-electron chi connectivity index (χ2n) is 4.22. The van der Waals surface area contributed by atoms with Gasteiger partial charge in [0, 0.05) is 5.69 Å². The Hall–Kier alpha value is -2.45. The van der Waals surface area contributed by atoms with Crippen molar-refractivity contribution in [2.24, 2.45) is 10.2 Å². The maximum Gasteiger partial charge on any atom is 0.240 e. The standard InChI is InChI=1S/C13H15N5O2S/c1-16-21(19,20)11-5-3-10(4-6-11)17-18-13-7-2-9(14)8-12(13)15/h2-8,16H,14-15H2,1H3. The summed E-state index contributed by atoms with van der Waals surface area (Å²) >= 11 is 0.